The molecule has 0 aliphatic heterocycles. The Labute approximate surface area is 146 Å². The molecule has 0 aromatic heterocycles. The Morgan fingerprint density at radius 1 is 1.21 bits per heavy atom. The van der Waals surface area contributed by atoms with Crippen LogP contribution in [0.1, 0.15) is 21.5 Å². The molecule has 0 saturated carbocycles. The SMILES string of the molecule is C=CCOc1ccc(/C=C/C(=O)c2ccc(O)c(CCCl)c2)cc1. The molecule has 0 aliphatic carbocycles. The van der Waals surface area contributed by atoms with Gasteiger partial charge in [-0.05, 0) is 54.0 Å². The summed E-state index contributed by atoms with van der Waals surface area (Å²) < 4.78 is 5.41. The van der Waals surface area contributed by atoms with E-state index in [0.717, 1.165) is 11.3 Å². The quantitative estimate of drug-likeness (QED) is 0.329. The van der Waals surface area contributed by atoms with E-state index in [-0.39, 0.29) is 11.5 Å². The van der Waals surface area contributed by atoms with Crippen molar-refractivity contribution in [1.29, 1.82) is 0 Å². The lowest BCUT2D eigenvalue weighted by molar-refractivity contribution is 0.104. The third-order valence-electron chi connectivity index (χ3n) is 3.40. The summed E-state index contributed by atoms with van der Waals surface area (Å²) in [7, 11) is 0. The number of hydrogen-bond acceptors (Lipinski definition) is 3. The van der Waals surface area contributed by atoms with Gasteiger partial charge in [0.15, 0.2) is 5.78 Å². The Balaban J connectivity index is 2.07. The predicted octanol–water partition coefficient (Wildman–Crippen LogP) is 4.63. The lowest BCUT2D eigenvalue weighted by atomic mass is 10.0. The van der Waals surface area contributed by atoms with Gasteiger partial charge in [0.25, 0.3) is 0 Å². The van der Waals surface area contributed by atoms with Crippen LogP contribution in [0.3, 0.4) is 0 Å². The Kier molecular flexibility index (Phi) is 6.64. The number of ether oxygens (including phenoxy) is 1. The standard InChI is InChI=1S/C20H19ClO3/c1-2-13-24-18-7-3-15(4-8-18)5-9-19(22)16-6-10-20(23)17(14-16)11-12-21/h2-10,14,23H,1,11-13H2/b9-5+. The van der Waals surface area contributed by atoms with E-state index < -0.39 is 0 Å². The number of aromatic hydroxyl groups is 1. The Hall–Kier alpha value is -2.52. The van der Waals surface area contributed by atoms with Crippen LogP contribution in [0.4, 0.5) is 0 Å². The van der Waals surface area contributed by atoms with E-state index in [1.807, 2.05) is 24.3 Å². The Morgan fingerprint density at radius 3 is 2.62 bits per heavy atom. The van der Waals surface area contributed by atoms with Crippen LogP contribution in [-0.4, -0.2) is 23.4 Å². The average Bonchev–Trinajstić information content (AvgIpc) is 2.61. The van der Waals surface area contributed by atoms with E-state index >= 15 is 0 Å². The fourth-order valence-corrected chi connectivity index (χ4v) is 2.34. The van der Waals surface area contributed by atoms with Gasteiger partial charge in [0.2, 0.25) is 0 Å². The number of hydrogen-bond donors (Lipinski definition) is 1. The molecule has 24 heavy (non-hydrogen) atoms. The highest BCUT2D eigenvalue weighted by atomic mass is 35.5. The van der Waals surface area contributed by atoms with Crippen molar-refractivity contribution in [3.8, 4) is 11.5 Å². The average molecular weight is 343 g/mol. The molecular weight excluding hydrogens is 324 g/mol. The van der Waals surface area contributed by atoms with Gasteiger partial charge in [-0.15, -0.1) is 11.6 Å². The second-order valence-electron chi connectivity index (χ2n) is 5.15. The Morgan fingerprint density at radius 2 is 1.96 bits per heavy atom. The minimum Gasteiger partial charge on any atom is -0.508 e. The normalized spacial score (nSPS) is 10.7. The van der Waals surface area contributed by atoms with Gasteiger partial charge in [0.05, 0.1) is 0 Å². The van der Waals surface area contributed by atoms with E-state index in [2.05, 4.69) is 6.58 Å². The van der Waals surface area contributed by atoms with Crippen molar-refractivity contribution < 1.29 is 14.6 Å². The Bertz CT molecular complexity index is 733. The van der Waals surface area contributed by atoms with Crippen molar-refractivity contribution >= 4 is 23.5 Å². The first kappa shape index (κ1) is 17.8. The van der Waals surface area contributed by atoms with Crippen molar-refractivity contribution in [1.82, 2.24) is 0 Å². The largest absolute Gasteiger partial charge is 0.508 e. The molecule has 0 fully saturated rings. The maximum atomic E-state index is 12.3. The molecule has 1 N–H and O–H groups in total. The van der Waals surface area contributed by atoms with Crippen molar-refractivity contribution in [2.75, 3.05) is 12.5 Å². The number of benzene rings is 2. The summed E-state index contributed by atoms with van der Waals surface area (Å²) in [5, 5.41) is 9.74. The highest BCUT2D eigenvalue weighted by Gasteiger charge is 2.07. The number of rotatable bonds is 8. The maximum absolute atomic E-state index is 12.3. The van der Waals surface area contributed by atoms with Gasteiger partial charge in [-0.3, -0.25) is 4.79 Å². The number of phenolic OH excluding ortho intramolecular Hbond substituents is 1. The smallest absolute Gasteiger partial charge is 0.185 e. The van der Waals surface area contributed by atoms with Gasteiger partial charge in [-0.2, -0.15) is 0 Å². The second kappa shape index (κ2) is 8.94. The monoisotopic (exact) mass is 342 g/mol. The zero-order chi connectivity index (χ0) is 17.4. The molecule has 2 aromatic rings. The van der Waals surface area contributed by atoms with Gasteiger partial charge in [0, 0.05) is 11.4 Å². The maximum Gasteiger partial charge on any atom is 0.185 e. The molecule has 0 spiro atoms. The summed E-state index contributed by atoms with van der Waals surface area (Å²) in [5.41, 5.74) is 2.09. The van der Waals surface area contributed by atoms with E-state index in [1.54, 1.807) is 24.3 Å². The number of halogens is 1. The highest BCUT2D eigenvalue weighted by Crippen LogP contribution is 2.20. The van der Waals surface area contributed by atoms with E-state index in [4.69, 9.17) is 16.3 Å². The fourth-order valence-electron chi connectivity index (χ4n) is 2.14. The zero-order valence-corrected chi connectivity index (χ0v) is 14.0. The van der Waals surface area contributed by atoms with Crippen LogP contribution in [0.5, 0.6) is 11.5 Å². The van der Waals surface area contributed by atoms with Crippen molar-refractivity contribution in [2.24, 2.45) is 0 Å². The van der Waals surface area contributed by atoms with Gasteiger partial charge in [-0.1, -0.05) is 30.9 Å². The van der Waals surface area contributed by atoms with Gasteiger partial charge in [0.1, 0.15) is 18.1 Å². The summed E-state index contributed by atoms with van der Waals surface area (Å²) in [6, 6.07) is 12.2. The molecule has 0 atom stereocenters. The molecule has 0 amide bonds. The van der Waals surface area contributed by atoms with Crippen LogP contribution in [0.25, 0.3) is 6.08 Å². The van der Waals surface area contributed by atoms with Gasteiger partial charge in [-0.25, -0.2) is 0 Å². The lowest BCUT2D eigenvalue weighted by Crippen LogP contribution is -1.97. The third kappa shape index (κ3) is 5.00. The van der Waals surface area contributed by atoms with Crippen LogP contribution in [-0.2, 0) is 6.42 Å². The molecule has 0 saturated heterocycles. The van der Waals surface area contributed by atoms with Gasteiger partial charge >= 0.3 is 0 Å². The molecule has 0 unspecified atom stereocenters. The molecule has 124 valence electrons. The van der Waals surface area contributed by atoms with Crippen LogP contribution in [0, 0.1) is 0 Å². The van der Waals surface area contributed by atoms with Crippen molar-refractivity contribution in [3.63, 3.8) is 0 Å². The number of allylic oxidation sites excluding steroid dienone is 1. The molecule has 0 bridgehead atoms. The van der Waals surface area contributed by atoms with E-state index in [0.29, 0.717) is 30.0 Å². The van der Waals surface area contributed by atoms with Crippen LogP contribution < -0.4 is 4.74 Å². The number of carbonyl (C=O) groups excluding carboxylic acids is 1. The molecule has 0 heterocycles. The first-order chi connectivity index (χ1) is 11.6. The first-order valence-electron chi connectivity index (χ1n) is 7.58. The number of aryl methyl sites for hydroxylation is 1. The van der Waals surface area contributed by atoms with E-state index in [9.17, 15) is 9.90 Å². The van der Waals surface area contributed by atoms with Crippen molar-refractivity contribution in [3.05, 3.63) is 77.9 Å². The molecular formula is C20H19ClO3. The highest BCUT2D eigenvalue weighted by molar-refractivity contribution is 6.18. The topological polar surface area (TPSA) is 46.5 Å². The number of ketones is 1. The second-order valence-corrected chi connectivity index (χ2v) is 5.53. The summed E-state index contributed by atoms with van der Waals surface area (Å²) in [6.45, 7) is 4.05. The molecule has 0 aliphatic rings. The van der Waals surface area contributed by atoms with Gasteiger partial charge < -0.3 is 9.84 Å². The summed E-state index contributed by atoms with van der Waals surface area (Å²) in [4.78, 5) is 12.3. The number of phenols is 1. The number of carbonyl (C=O) groups is 1. The molecule has 0 radical (unpaired) electrons. The van der Waals surface area contributed by atoms with Crippen LogP contribution in [0.2, 0.25) is 0 Å². The lowest BCUT2D eigenvalue weighted by Gasteiger charge is -2.04. The number of alkyl halides is 1. The summed E-state index contributed by atoms with van der Waals surface area (Å²) in [6.07, 6.45) is 5.46. The fraction of sp³-hybridized carbons (Fsp3) is 0.150. The minimum absolute atomic E-state index is 0.127. The summed E-state index contributed by atoms with van der Waals surface area (Å²) >= 11 is 5.70. The minimum atomic E-state index is -0.127. The molecule has 3 nitrogen and oxygen atoms in total. The van der Waals surface area contributed by atoms with Crippen LogP contribution in [0.15, 0.2) is 61.2 Å². The van der Waals surface area contributed by atoms with Crippen LogP contribution >= 0.6 is 11.6 Å². The molecule has 2 aromatic carbocycles. The summed E-state index contributed by atoms with van der Waals surface area (Å²) in [5.74, 6) is 1.17. The first-order valence-corrected chi connectivity index (χ1v) is 8.11. The molecule has 2 rings (SSSR count). The van der Waals surface area contributed by atoms with Crippen molar-refractivity contribution in [2.45, 2.75) is 6.42 Å². The third-order valence-corrected chi connectivity index (χ3v) is 3.59. The van der Waals surface area contributed by atoms with E-state index in [1.165, 1.54) is 12.1 Å². The predicted molar refractivity (Wildman–Crippen MR) is 98.0 cm³/mol. The zero-order valence-electron chi connectivity index (χ0n) is 13.2. The molecule has 4 heteroatoms.